The van der Waals surface area contributed by atoms with Gasteiger partial charge in [0.1, 0.15) is 7.05 Å². The number of rotatable bonds is 2. The molecular formula is C11H12N3+. The van der Waals surface area contributed by atoms with Crippen LogP contribution in [0.4, 0.5) is 0 Å². The first-order valence-corrected chi connectivity index (χ1v) is 4.45. The van der Waals surface area contributed by atoms with Crippen LogP contribution in [0.3, 0.4) is 0 Å². The van der Waals surface area contributed by atoms with Gasteiger partial charge in [0.2, 0.25) is 0 Å². The van der Waals surface area contributed by atoms with Crippen LogP contribution >= 0.6 is 0 Å². The van der Waals surface area contributed by atoms with Gasteiger partial charge in [0, 0.05) is 0 Å². The molecule has 0 bridgehead atoms. The maximum atomic E-state index is 4.31. The molecule has 0 aliphatic rings. The van der Waals surface area contributed by atoms with E-state index in [0.29, 0.717) is 0 Å². The fourth-order valence-corrected chi connectivity index (χ4v) is 1.32. The van der Waals surface area contributed by atoms with E-state index in [2.05, 4.69) is 11.8 Å². The standard InChI is InChI=1S/C11H12N3/c1-3-10-9-14(12-13(10)2)11-7-5-4-6-8-11/h3-9H,1H2,2H3/q+1. The predicted molar refractivity (Wildman–Crippen MR) is 54.8 cm³/mol. The SMILES string of the molecule is C=Cc1cn(-c2ccccc2)n[n+]1C. The second kappa shape index (κ2) is 3.46. The van der Waals surface area contributed by atoms with Gasteiger partial charge < -0.3 is 0 Å². The summed E-state index contributed by atoms with van der Waals surface area (Å²) >= 11 is 0. The van der Waals surface area contributed by atoms with Crippen molar-refractivity contribution in [1.82, 2.24) is 9.90 Å². The molecule has 2 rings (SSSR count). The molecule has 0 N–H and O–H groups in total. The molecule has 0 spiro atoms. The van der Waals surface area contributed by atoms with Crippen molar-refractivity contribution in [3.8, 4) is 5.69 Å². The summed E-state index contributed by atoms with van der Waals surface area (Å²) in [6, 6.07) is 10.00. The third-order valence-corrected chi connectivity index (χ3v) is 2.09. The number of nitrogens with zero attached hydrogens (tertiary/aromatic N) is 3. The lowest BCUT2D eigenvalue weighted by Crippen LogP contribution is -2.33. The van der Waals surface area contributed by atoms with Crippen LogP contribution in [-0.2, 0) is 7.05 Å². The Balaban J connectivity index is 2.48. The fraction of sp³-hybridized carbons (Fsp3) is 0.0909. The lowest BCUT2D eigenvalue weighted by molar-refractivity contribution is -0.733. The summed E-state index contributed by atoms with van der Waals surface area (Å²) < 4.78 is 3.62. The quantitative estimate of drug-likeness (QED) is 0.649. The van der Waals surface area contributed by atoms with E-state index in [4.69, 9.17) is 0 Å². The predicted octanol–water partition coefficient (Wildman–Crippen LogP) is 1.34. The highest BCUT2D eigenvalue weighted by atomic mass is 15.5. The largest absolute Gasteiger partial charge is 0.190 e. The molecule has 70 valence electrons. The first kappa shape index (κ1) is 8.69. The molecule has 3 heteroatoms. The topological polar surface area (TPSA) is 21.7 Å². The third kappa shape index (κ3) is 1.44. The summed E-state index contributed by atoms with van der Waals surface area (Å²) in [5.74, 6) is 0. The Labute approximate surface area is 82.9 Å². The number of para-hydroxylation sites is 1. The molecule has 1 heterocycles. The Hall–Kier alpha value is -1.90. The molecule has 0 aliphatic carbocycles. The van der Waals surface area contributed by atoms with Gasteiger partial charge in [0.05, 0.1) is 5.21 Å². The van der Waals surface area contributed by atoms with Crippen molar-refractivity contribution in [3.63, 3.8) is 0 Å². The van der Waals surface area contributed by atoms with Gasteiger partial charge in [-0.15, -0.1) is 9.36 Å². The Morgan fingerprint density at radius 3 is 2.64 bits per heavy atom. The molecule has 2 aromatic rings. The lowest BCUT2D eigenvalue weighted by Gasteiger charge is -1.89. The van der Waals surface area contributed by atoms with Crippen molar-refractivity contribution >= 4 is 6.08 Å². The van der Waals surface area contributed by atoms with Gasteiger partial charge >= 0.3 is 0 Å². The van der Waals surface area contributed by atoms with Crippen LogP contribution in [0.2, 0.25) is 0 Å². The zero-order valence-corrected chi connectivity index (χ0v) is 8.09. The van der Waals surface area contributed by atoms with Crippen molar-refractivity contribution in [1.29, 1.82) is 0 Å². The van der Waals surface area contributed by atoms with Crippen LogP contribution in [0.5, 0.6) is 0 Å². The molecule has 1 aromatic heterocycles. The summed E-state index contributed by atoms with van der Waals surface area (Å²) in [5, 5.41) is 4.31. The Bertz CT molecular complexity index is 443. The molecule has 1 aromatic carbocycles. The van der Waals surface area contributed by atoms with Gasteiger partial charge in [-0.2, -0.15) is 0 Å². The fourth-order valence-electron chi connectivity index (χ4n) is 1.32. The van der Waals surface area contributed by atoms with Gasteiger partial charge in [-0.05, 0) is 18.2 Å². The monoisotopic (exact) mass is 186 g/mol. The minimum atomic E-state index is 0.994. The molecule has 0 fully saturated rings. The Morgan fingerprint density at radius 2 is 2.07 bits per heavy atom. The van der Waals surface area contributed by atoms with Gasteiger partial charge in [0.15, 0.2) is 17.6 Å². The summed E-state index contributed by atoms with van der Waals surface area (Å²) in [7, 11) is 1.90. The number of aryl methyl sites for hydroxylation is 1. The summed E-state index contributed by atoms with van der Waals surface area (Å²) in [4.78, 5) is 0. The molecule has 0 aliphatic heterocycles. The molecule has 0 saturated carbocycles. The van der Waals surface area contributed by atoms with Crippen LogP contribution in [0.25, 0.3) is 11.8 Å². The van der Waals surface area contributed by atoms with Crippen molar-refractivity contribution < 1.29 is 4.68 Å². The van der Waals surface area contributed by atoms with E-state index in [1.807, 2.05) is 48.3 Å². The second-order valence-corrected chi connectivity index (χ2v) is 3.05. The van der Waals surface area contributed by atoms with Crippen LogP contribution in [-0.4, -0.2) is 9.90 Å². The molecule has 3 nitrogen and oxygen atoms in total. The highest BCUT2D eigenvalue weighted by Crippen LogP contribution is 2.04. The van der Waals surface area contributed by atoms with E-state index in [1.165, 1.54) is 0 Å². The zero-order chi connectivity index (χ0) is 9.97. The first-order valence-electron chi connectivity index (χ1n) is 4.45. The smallest absolute Gasteiger partial charge is 0.133 e. The van der Waals surface area contributed by atoms with E-state index >= 15 is 0 Å². The average Bonchev–Trinajstić information content (AvgIpc) is 2.61. The Kier molecular flexibility index (Phi) is 2.14. The van der Waals surface area contributed by atoms with Crippen molar-refractivity contribution in [2.24, 2.45) is 7.05 Å². The van der Waals surface area contributed by atoms with E-state index in [-0.39, 0.29) is 0 Å². The highest BCUT2D eigenvalue weighted by Gasteiger charge is 2.10. The van der Waals surface area contributed by atoms with E-state index in [0.717, 1.165) is 11.4 Å². The first-order chi connectivity index (χ1) is 6.81. The summed E-state index contributed by atoms with van der Waals surface area (Å²) in [6.07, 6.45) is 3.73. The average molecular weight is 186 g/mol. The minimum absolute atomic E-state index is 0.994. The minimum Gasteiger partial charge on any atom is -0.133 e. The summed E-state index contributed by atoms with van der Waals surface area (Å²) in [5.41, 5.74) is 2.05. The highest BCUT2D eigenvalue weighted by molar-refractivity contribution is 5.38. The van der Waals surface area contributed by atoms with Gasteiger partial charge in [-0.3, -0.25) is 0 Å². The van der Waals surface area contributed by atoms with E-state index in [9.17, 15) is 0 Å². The maximum absolute atomic E-state index is 4.31. The third-order valence-electron chi connectivity index (χ3n) is 2.09. The van der Waals surface area contributed by atoms with Gasteiger partial charge in [0.25, 0.3) is 0 Å². The Morgan fingerprint density at radius 1 is 1.36 bits per heavy atom. The number of aromatic nitrogens is 3. The lowest BCUT2D eigenvalue weighted by atomic mass is 10.3. The molecule has 14 heavy (non-hydrogen) atoms. The van der Waals surface area contributed by atoms with E-state index in [1.54, 1.807) is 10.8 Å². The molecule has 0 saturated heterocycles. The number of benzene rings is 1. The van der Waals surface area contributed by atoms with Crippen LogP contribution < -0.4 is 4.68 Å². The van der Waals surface area contributed by atoms with Crippen molar-refractivity contribution in [2.75, 3.05) is 0 Å². The summed E-state index contributed by atoms with van der Waals surface area (Å²) in [6.45, 7) is 3.72. The van der Waals surface area contributed by atoms with Crippen molar-refractivity contribution in [3.05, 3.63) is 48.8 Å². The maximum Gasteiger partial charge on any atom is 0.190 e. The van der Waals surface area contributed by atoms with Crippen LogP contribution in [0.15, 0.2) is 43.1 Å². The second-order valence-electron chi connectivity index (χ2n) is 3.05. The molecule has 0 atom stereocenters. The molecule has 0 radical (unpaired) electrons. The molecule has 0 unspecified atom stereocenters. The number of hydrogen-bond donors (Lipinski definition) is 0. The van der Waals surface area contributed by atoms with Gasteiger partial charge in [-0.25, -0.2) is 0 Å². The molecule has 0 amide bonds. The molecular weight excluding hydrogens is 174 g/mol. The van der Waals surface area contributed by atoms with E-state index < -0.39 is 0 Å². The zero-order valence-electron chi connectivity index (χ0n) is 8.09. The van der Waals surface area contributed by atoms with Crippen LogP contribution in [0, 0.1) is 0 Å². The number of hydrogen-bond acceptors (Lipinski definition) is 1. The van der Waals surface area contributed by atoms with Gasteiger partial charge in [-0.1, -0.05) is 24.8 Å². The normalized spacial score (nSPS) is 10.1. The van der Waals surface area contributed by atoms with Crippen molar-refractivity contribution in [2.45, 2.75) is 0 Å². The van der Waals surface area contributed by atoms with Crippen LogP contribution in [0.1, 0.15) is 5.69 Å².